The Morgan fingerprint density at radius 3 is 2.80 bits per heavy atom. The first-order chi connectivity index (χ1) is 7.34. The van der Waals surface area contributed by atoms with Gasteiger partial charge >= 0.3 is 0 Å². The maximum Gasteiger partial charge on any atom is 0.165 e. The van der Waals surface area contributed by atoms with Crippen molar-refractivity contribution in [3.05, 3.63) is 0 Å². The number of morpholine rings is 1. The van der Waals surface area contributed by atoms with Crippen molar-refractivity contribution in [2.75, 3.05) is 19.7 Å². The van der Waals surface area contributed by atoms with Gasteiger partial charge in [-0.3, -0.25) is 9.69 Å². The number of rotatable bonds is 2. The first-order valence-corrected chi connectivity index (χ1v) is 6.24. The van der Waals surface area contributed by atoms with Crippen LogP contribution in [0.2, 0.25) is 0 Å². The van der Waals surface area contributed by atoms with Crippen LogP contribution in [0.4, 0.5) is 0 Å². The summed E-state index contributed by atoms with van der Waals surface area (Å²) >= 11 is 0. The van der Waals surface area contributed by atoms with E-state index >= 15 is 0 Å². The van der Waals surface area contributed by atoms with Crippen molar-refractivity contribution in [1.29, 1.82) is 0 Å². The summed E-state index contributed by atoms with van der Waals surface area (Å²) in [5, 5.41) is 0. The first kappa shape index (κ1) is 9.79. The highest BCUT2D eigenvalue weighted by Gasteiger charge is 2.38. The topological polar surface area (TPSA) is 29.5 Å². The first-order valence-electron chi connectivity index (χ1n) is 6.24. The van der Waals surface area contributed by atoms with Crippen molar-refractivity contribution >= 4 is 5.78 Å². The van der Waals surface area contributed by atoms with Gasteiger partial charge in [0.1, 0.15) is 6.10 Å². The van der Waals surface area contributed by atoms with Crippen molar-refractivity contribution in [2.45, 2.75) is 44.2 Å². The third-order valence-corrected chi connectivity index (χ3v) is 4.21. The molecule has 2 heterocycles. The fraction of sp³-hybridized carbons (Fsp3) is 0.917. The molecule has 1 saturated carbocycles. The van der Waals surface area contributed by atoms with Gasteiger partial charge in [0.25, 0.3) is 0 Å². The number of nitrogens with zero attached hydrogens (tertiary/aromatic N) is 1. The number of hydrogen-bond acceptors (Lipinski definition) is 3. The third-order valence-electron chi connectivity index (χ3n) is 4.21. The molecule has 3 fully saturated rings. The van der Waals surface area contributed by atoms with Crippen LogP contribution in [-0.4, -0.2) is 42.5 Å². The second-order valence-electron chi connectivity index (χ2n) is 5.14. The van der Waals surface area contributed by atoms with Crippen LogP contribution in [-0.2, 0) is 9.53 Å². The molecule has 2 atom stereocenters. The zero-order chi connectivity index (χ0) is 10.3. The Balaban J connectivity index is 1.60. The smallest absolute Gasteiger partial charge is 0.165 e. The number of hydrogen-bond donors (Lipinski definition) is 0. The maximum atomic E-state index is 12.0. The summed E-state index contributed by atoms with van der Waals surface area (Å²) in [4.78, 5) is 14.5. The number of fused-ring (bicyclic) bond motifs is 1. The molecule has 0 radical (unpaired) electrons. The predicted molar refractivity (Wildman–Crippen MR) is 56.7 cm³/mol. The van der Waals surface area contributed by atoms with E-state index in [0.29, 0.717) is 17.7 Å². The summed E-state index contributed by atoms with van der Waals surface area (Å²) in [7, 11) is 0. The van der Waals surface area contributed by atoms with Crippen molar-refractivity contribution in [3.63, 3.8) is 0 Å². The lowest BCUT2D eigenvalue weighted by molar-refractivity contribution is -0.144. The van der Waals surface area contributed by atoms with Crippen LogP contribution in [0.25, 0.3) is 0 Å². The molecule has 3 heteroatoms. The van der Waals surface area contributed by atoms with E-state index in [9.17, 15) is 4.79 Å². The second kappa shape index (κ2) is 3.87. The molecule has 84 valence electrons. The molecule has 0 aromatic carbocycles. The average Bonchev–Trinajstić information content (AvgIpc) is 2.61. The molecular formula is C12H19NO2. The van der Waals surface area contributed by atoms with Crippen LogP contribution in [0.1, 0.15) is 32.1 Å². The van der Waals surface area contributed by atoms with Crippen molar-refractivity contribution in [1.82, 2.24) is 4.90 Å². The zero-order valence-electron chi connectivity index (χ0n) is 9.15. The predicted octanol–water partition coefficient (Wildman–Crippen LogP) is 1.22. The van der Waals surface area contributed by atoms with Crippen LogP contribution in [0.5, 0.6) is 0 Å². The van der Waals surface area contributed by atoms with Gasteiger partial charge in [-0.2, -0.15) is 0 Å². The van der Waals surface area contributed by atoms with Crippen LogP contribution >= 0.6 is 0 Å². The van der Waals surface area contributed by atoms with Gasteiger partial charge < -0.3 is 4.74 Å². The summed E-state index contributed by atoms with van der Waals surface area (Å²) in [5.74, 6) is 0.709. The quantitative estimate of drug-likeness (QED) is 0.685. The van der Waals surface area contributed by atoms with E-state index in [1.54, 1.807) is 0 Å². The van der Waals surface area contributed by atoms with Crippen molar-refractivity contribution in [3.8, 4) is 0 Å². The molecule has 0 amide bonds. The fourth-order valence-corrected chi connectivity index (χ4v) is 2.94. The molecular weight excluding hydrogens is 190 g/mol. The van der Waals surface area contributed by atoms with E-state index in [1.807, 2.05) is 0 Å². The molecule has 2 aliphatic heterocycles. The minimum absolute atomic E-state index is 0.107. The van der Waals surface area contributed by atoms with E-state index in [2.05, 4.69) is 4.90 Å². The highest BCUT2D eigenvalue weighted by atomic mass is 16.5. The Hall–Kier alpha value is -0.410. The van der Waals surface area contributed by atoms with Crippen molar-refractivity contribution in [2.24, 2.45) is 5.92 Å². The minimum atomic E-state index is -0.107. The van der Waals surface area contributed by atoms with E-state index in [4.69, 9.17) is 4.74 Å². The van der Waals surface area contributed by atoms with Crippen LogP contribution in [0, 0.1) is 5.92 Å². The summed E-state index contributed by atoms with van der Waals surface area (Å²) in [6.45, 7) is 2.81. The van der Waals surface area contributed by atoms with Gasteiger partial charge in [0, 0.05) is 18.5 Å². The molecule has 2 unspecified atom stereocenters. The van der Waals surface area contributed by atoms with Gasteiger partial charge in [0.2, 0.25) is 0 Å². The molecule has 0 spiro atoms. The van der Waals surface area contributed by atoms with Crippen molar-refractivity contribution < 1.29 is 9.53 Å². The molecule has 1 aliphatic carbocycles. The Kier molecular flexibility index (Phi) is 2.53. The highest BCUT2D eigenvalue weighted by Crippen LogP contribution is 2.31. The lowest BCUT2D eigenvalue weighted by Gasteiger charge is -2.37. The third kappa shape index (κ3) is 1.72. The summed E-state index contributed by atoms with van der Waals surface area (Å²) in [5.41, 5.74) is 0. The van der Waals surface area contributed by atoms with Gasteiger partial charge in [0.05, 0.1) is 6.61 Å². The van der Waals surface area contributed by atoms with E-state index < -0.39 is 0 Å². The van der Waals surface area contributed by atoms with Gasteiger partial charge in [-0.15, -0.1) is 0 Å². The van der Waals surface area contributed by atoms with Gasteiger partial charge in [-0.1, -0.05) is 6.42 Å². The fourth-order valence-electron chi connectivity index (χ4n) is 2.94. The number of ether oxygens (including phenoxy) is 1. The van der Waals surface area contributed by atoms with Gasteiger partial charge in [-0.05, 0) is 32.2 Å². The largest absolute Gasteiger partial charge is 0.367 e. The summed E-state index contributed by atoms with van der Waals surface area (Å²) in [6, 6.07) is 0.607. The molecule has 3 rings (SSSR count). The summed E-state index contributed by atoms with van der Waals surface area (Å²) in [6.07, 6.45) is 5.85. The van der Waals surface area contributed by atoms with Gasteiger partial charge in [0.15, 0.2) is 5.78 Å². The minimum Gasteiger partial charge on any atom is -0.367 e. The highest BCUT2D eigenvalue weighted by molar-refractivity contribution is 5.86. The Bertz CT molecular complexity index is 262. The molecule has 2 saturated heterocycles. The molecule has 3 aliphatic rings. The summed E-state index contributed by atoms with van der Waals surface area (Å²) < 4.78 is 5.72. The zero-order valence-corrected chi connectivity index (χ0v) is 9.15. The Morgan fingerprint density at radius 1 is 1.20 bits per heavy atom. The number of ketones is 1. The Morgan fingerprint density at radius 2 is 2.07 bits per heavy atom. The average molecular weight is 209 g/mol. The molecule has 0 bridgehead atoms. The molecule has 0 aromatic heterocycles. The molecule has 15 heavy (non-hydrogen) atoms. The second-order valence-corrected chi connectivity index (χ2v) is 5.14. The van der Waals surface area contributed by atoms with E-state index in [-0.39, 0.29) is 6.10 Å². The van der Waals surface area contributed by atoms with E-state index in [1.165, 1.54) is 25.8 Å². The monoisotopic (exact) mass is 209 g/mol. The lowest BCUT2D eigenvalue weighted by Crippen LogP contribution is -2.51. The number of carbonyl (C=O) groups is 1. The Labute approximate surface area is 90.8 Å². The number of Topliss-reactive ketones (excluding diaryl/α,β-unsaturated/α-hetero) is 1. The normalized spacial score (nSPS) is 37.3. The SMILES string of the molecule is O=C(C1CCC1)C1CN2CCCC2CO1. The maximum absolute atomic E-state index is 12.0. The van der Waals surface area contributed by atoms with Crippen LogP contribution < -0.4 is 0 Å². The molecule has 0 N–H and O–H groups in total. The lowest BCUT2D eigenvalue weighted by atomic mass is 9.80. The van der Waals surface area contributed by atoms with E-state index in [0.717, 1.165) is 26.0 Å². The number of carbonyl (C=O) groups excluding carboxylic acids is 1. The standard InChI is InChI=1S/C12H19NO2/c14-12(9-3-1-4-9)11-7-13-6-2-5-10(13)8-15-11/h9-11H,1-8H2. The van der Waals surface area contributed by atoms with Crippen LogP contribution in [0.15, 0.2) is 0 Å². The molecule has 3 nitrogen and oxygen atoms in total. The van der Waals surface area contributed by atoms with Crippen LogP contribution in [0.3, 0.4) is 0 Å². The van der Waals surface area contributed by atoms with Gasteiger partial charge in [-0.25, -0.2) is 0 Å². The molecule has 0 aromatic rings.